The Bertz CT molecular complexity index is 814. The predicted octanol–water partition coefficient (Wildman–Crippen LogP) is 5.08. The second kappa shape index (κ2) is 9.65. The molecule has 0 spiro atoms. The number of aromatic nitrogens is 1. The van der Waals surface area contributed by atoms with Gasteiger partial charge in [-0.25, -0.2) is 9.78 Å². The number of anilines is 1. The first-order valence-corrected chi connectivity index (χ1v) is 10.2. The minimum absolute atomic E-state index is 0.0849. The van der Waals surface area contributed by atoms with Crippen LogP contribution in [0, 0.1) is 20.8 Å². The summed E-state index contributed by atoms with van der Waals surface area (Å²) in [5.74, 6) is -0.468. The summed E-state index contributed by atoms with van der Waals surface area (Å²) in [5.41, 5.74) is 3.47. The molecule has 0 aliphatic carbocycles. The third-order valence-corrected chi connectivity index (χ3v) is 5.62. The number of thiazole rings is 1. The number of carbonyl (C=O) groups excluding carboxylic acids is 2. The molecule has 1 amide bonds. The normalized spacial score (nSPS) is 10.7. The number of benzene rings is 1. The fourth-order valence-electron chi connectivity index (χ4n) is 2.72. The first kappa shape index (κ1) is 21.1. The van der Waals surface area contributed by atoms with Crippen LogP contribution in [0.15, 0.2) is 18.2 Å². The zero-order chi connectivity index (χ0) is 20.0. The Labute approximate surface area is 165 Å². The third kappa shape index (κ3) is 5.16. The van der Waals surface area contributed by atoms with E-state index in [0.717, 1.165) is 30.4 Å². The van der Waals surface area contributed by atoms with Crippen LogP contribution in [0.1, 0.15) is 70.0 Å². The van der Waals surface area contributed by atoms with Crippen LogP contribution in [0.2, 0.25) is 0 Å². The smallest absolute Gasteiger partial charge is 0.350 e. The van der Waals surface area contributed by atoms with Gasteiger partial charge in [0.2, 0.25) is 0 Å². The maximum absolute atomic E-state index is 13.2. The lowest BCUT2D eigenvalue weighted by Gasteiger charge is -2.20. The maximum atomic E-state index is 13.2. The molecule has 0 bridgehead atoms. The summed E-state index contributed by atoms with van der Waals surface area (Å²) in [6, 6.07) is 5.73. The summed E-state index contributed by atoms with van der Waals surface area (Å²) in [6.07, 6.45) is 2.99. The molecule has 0 atom stereocenters. The van der Waals surface area contributed by atoms with Crippen molar-refractivity contribution in [1.29, 1.82) is 0 Å². The van der Waals surface area contributed by atoms with Crippen molar-refractivity contribution in [1.82, 2.24) is 4.98 Å². The van der Waals surface area contributed by atoms with Crippen molar-refractivity contribution in [2.75, 3.05) is 18.1 Å². The van der Waals surface area contributed by atoms with Gasteiger partial charge in [0.15, 0.2) is 5.13 Å². The number of aryl methyl sites for hydroxylation is 3. The Hall–Kier alpha value is -2.21. The molecule has 1 heterocycles. The highest BCUT2D eigenvalue weighted by molar-refractivity contribution is 7.17. The van der Waals surface area contributed by atoms with Gasteiger partial charge in [-0.15, -0.1) is 0 Å². The summed E-state index contributed by atoms with van der Waals surface area (Å²) < 4.78 is 5.10. The number of carbonyl (C=O) groups is 2. The van der Waals surface area contributed by atoms with E-state index in [1.807, 2.05) is 32.0 Å². The van der Waals surface area contributed by atoms with Crippen molar-refractivity contribution < 1.29 is 14.3 Å². The van der Waals surface area contributed by atoms with Crippen molar-refractivity contribution in [3.05, 3.63) is 45.5 Å². The molecule has 2 rings (SSSR count). The Morgan fingerprint density at radius 2 is 1.85 bits per heavy atom. The van der Waals surface area contributed by atoms with Gasteiger partial charge in [-0.05, 0) is 57.4 Å². The van der Waals surface area contributed by atoms with Gasteiger partial charge in [0.05, 0.1) is 12.3 Å². The minimum atomic E-state index is -0.383. The minimum Gasteiger partial charge on any atom is -0.462 e. The monoisotopic (exact) mass is 388 g/mol. The largest absolute Gasteiger partial charge is 0.462 e. The lowest BCUT2D eigenvalue weighted by Crippen LogP contribution is -2.32. The van der Waals surface area contributed by atoms with Crippen LogP contribution in [0.25, 0.3) is 0 Å². The molecule has 0 fully saturated rings. The maximum Gasteiger partial charge on any atom is 0.350 e. The van der Waals surface area contributed by atoms with E-state index < -0.39 is 0 Å². The van der Waals surface area contributed by atoms with E-state index >= 15 is 0 Å². The fraction of sp³-hybridized carbons (Fsp3) is 0.476. The van der Waals surface area contributed by atoms with E-state index in [4.69, 9.17) is 4.74 Å². The Morgan fingerprint density at radius 1 is 1.11 bits per heavy atom. The van der Waals surface area contributed by atoms with Crippen LogP contribution in [-0.2, 0) is 4.74 Å². The molecule has 6 heteroatoms. The molecule has 5 nitrogen and oxygen atoms in total. The molecule has 0 unspecified atom stereocenters. The van der Waals surface area contributed by atoms with E-state index in [1.54, 1.807) is 18.7 Å². The van der Waals surface area contributed by atoms with Crippen molar-refractivity contribution in [2.45, 2.75) is 53.9 Å². The van der Waals surface area contributed by atoms with Crippen LogP contribution in [0.3, 0.4) is 0 Å². The number of hydrogen-bond donors (Lipinski definition) is 0. The van der Waals surface area contributed by atoms with Crippen molar-refractivity contribution in [3.8, 4) is 0 Å². The van der Waals surface area contributed by atoms with Gasteiger partial charge in [-0.1, -0.05) is 37.2 Å². The lowest BCUT2D eigenvalue weighted by molar-refractivity contribution is 0.0531. The number of hydrogen-bond acceptors (Lipinski definition) is 5. The molecule has 0 aliphatic rings. The second-order valence-corrected chi connectivity index (χ2v) is 7.57. The number of nitrogens with zero attached hydrogens (tertiary/aromatic N) is 2. The zero-order valence-corrected chi connectivity index (χ0v) is 17.6. The third-order valence-electron chi connectivity index (χ3n) is 4.46. The zero-order valence-electron chi connectivity index (χ0n) is 16.8. The van der Waals surface area contributed by atoms with Crippen LogP contribution < -0.4 is 4.90 Å². The van der Waals surface area contributed by atoms with Crippen LogP contribution >= 0.6 is 11.3 Å². The molecule has 0 radical (unpaired) electrons. The molecular formula is C21H28N2O3S. The number of esters is 1. The molecule has 27 heavy (non-hydrogen) atoms. The summed E-state index contributed by atoms with van der Waals surface area (Å²) in [7, 11) is 0. The molecular weight excluding hydrogens is 360 g/mol. The summed E-state index contributed by atoms with van der Waals surface area (Å²) in [6.45, 7) is 10.6. The Kier molecular flexibility index (Phi) is 7.54. The first-order valence-electron chi connectivity index (χ1n) is 9.42. The highest BCUT2D eigenvalue weighted by Gasteiger charge is 2.24. The van der Waals surface area contributed by atoms with Crippen LogP contribution in [0.5, 0.6) is 0 Å². The molecule has 2 aromatic rings. The lowest BCUT2D eigenvalue weighted by atomic mass is 10.1. The van der Waals surface area contributed by atoms with E-state index in [9.17, 15) is 9.59 Å². The number of unbranched alkanes of at least 4 members (excludes halogenated alkanes) is 2. The summed E-state index contributed by atoms with van der Waals surface area (Å²) >= 11 is 1.22. The van der Waals surface area contributed by atoms with Crippen LogP contribution in [-0.4, -0.2) is 30.0 Å². The van der Waals surface area contributed by atoms with E-state index in [2.05, 4.69) is 11.9 Å². The molecule has 0 saturated heterocycles. The summed E-state index contributed by atoms with van der Waals surface area (Å²) in [5, 5.41) is 0.551. The molecule has 1 aromatic heterocycles. The SMILES string of the molecule is CCCCCN(C(=O)c1ccc(C)c(C)c1)c1nc(C)c(C(=O)OCC)s1. The molecule has 146 valence electrons. The molecule has 0 N–H and O–H groups in total. The average Bonchev–Trinajstić information content (AvgIpc) is 3.02. The van der Waals surface area contributed by atoms with Gasteiger partial charge in [-0.3, -0.25) is 9.69 Å². The molecule has 1 aromatic carbocycles. The van der Waals surface area contributed by atoms with Gasteiger partial charge in [0.1, 0.15) is 4.88 Å². The Balaban J connectivity index is 2.36. The highest BCUT2D eigenvalue weighted by Crippen LogP contribution is 2.29. The molecule has 0 saturated carbocycles. The first-order chi connectivity index (χ1) is 12.9. The van der Waals surface area contributed by atoms with E-state index in [-0.39, 0.29) is 11.9 Å². The standard InChI is InChI=1S/C21H28N2O3S/c1-6-8-9-12-23(19(24)17-11-10-14(3)15(4)13-17)21-22-16(5)18(27-21)20(25)26-7-2/h10-11,13H,6-9,12H2,1-5H3. The highest BCUT2D eigenvalue weighted by atomic mass is 32.1. The fourth-order valence-corrected chi connectivity index (χ4v) is 3.70. The number of ether oxygens (including phenoxy) is 1. The van der Waals surface area contributed by atoms with Gasteiger partial charge in [0, 0.05) is 12.1 Å². The number of rotatable bonds is 8. The van der Waals surface area contributed by atoms with E-state index in [1.165, 1.54) is 11.3 Å². The van der Waals surface area contributed by atoms with Crippen molar-refractivity contribution in [3.63, 3.8) is 0 Å². The second-order valence-electron chi connectivity index (χ2n) is 6.59. The molecule has 0 aliphatic heterocycles. The average molecular weight is 389 g/mol. The van der Waals surface area contributed by atoms with Crippen molar-refractivity contribution >= 4 is 28.3 Å². The quantitative estimate of drug-likeness (QED) is 0.467. The number of amides is 1. The summed E-state index contributed by atoms with van der Waals surface area (Å²) in [4.78, 5) is 32.0. The van der Waals surface area contributed by atoms with Crippen molar-refractivity contribution in [2.24, 2.45) is 0 Å². The van der Waals surface area contributed by atoms with Gasteiger partial charge < -0.3 is 4.74 Å². The Morgan fingerprint density at radius 3 is 2.48 bits per heavy atom. The predicted molar refractivity (Wildman–Crippen MR) is 110 cm³/mol. The van der Waals surface area contributed by atoms with Gasteiger partial charge in [0.25, 0.3) is 5.91 Å². The van der Waals surface area contributed by atoms with Crippen LogP contribution in [0.4, 0.5) is 5.13 Å². The topological polar surface area (TPSA) is 59.5 Å². The van der Waals surface area contributed by atoms with Gasteiger partial charge >= 0.3 is 5.97 Å². The van der Waals surface area contributed by atoms with Gasteiger partial charge in [-0.2, -0.15) is 0 Å². The van der Waals surface area contributed by atoms with E-state index in [0.29, 0.717) is 34.4 Å².